The maximum absolute atomic E-state index is 13.5. The van der Waals surface area contributed by atoms with Crippen molar-refractivity contribution < 1.29 is 19.1 Å². The molecule has 204 valence electrons. The van der Waals surface area contributed by atoms with Crippen LogP contribution < -0.4 is 4.74 Å². The number of fused-ring (bicyclic) bond motifs is 1. The Balaban J connectivity index is 1.46. The summed E-state index contributed by atoms with van der Waals surface area (Å²) in [5, 5.41) is 0. The molecule has 2 aromatic carbocycles. The summed E-state index contributed by atoms with van der Waals surface area (Å²) in [6.45, 7) is 8.77. The average molecular weight is 526 g/mol. The molecule has 0 aliphatic carbocycles. The van der Waals surface area contributed by atoms with Crippen molar-refractivity contribution in [3.8, 4) is 5.75 Å². The Labute approximate surface area is 231 Å². The van der Waals surface area contributed by atoms with Crippen molar-refractivity contribution in [1.29, 1.82) is 0 Å². The summed E-state index contributed by atoms with van der Waals surface area (Å²) in [5.74, 6) is 1.15. The van der Waals surface area contributed by atoms with Crippen molar-refractivity contribution in [3.05, 3.63) is 107 Å². The van der Waals surface area contributed by atoms with E-state index < -0.39 is 0 Å². The van der Waals surface area contributed by atoms with Crippen LogP contribution in [0.4, 0.5) is 0 Å². The zero-order valence-electron chi connectivity index (χ0n) is 23.5. The maximum atomic E-state index is 13.5. The summed E-state index contributed by atoms with van der Waals surface area (Å²) in [7, 11) is 0. The smallest absolute Gasteiger partial charge is 0.305 e. The van der Waals surface area contributed by atoms with Gasteiger partial charge in [-0.2, -0.15) is 0 Å². The second kappa shape index (κ2) is 13.3. The lowest BCUT2D eigenvalue weighted by Crippen LogP contribution is -2.07. The quantitative estimate of drug-likeness (QED) is 0.132. The minimum absolute atomic E-state index is 0.0327. The number of esters is 1. The first-order valence-corrected chi connectivity index (χ1v) is 14.0. The first-order chi connectivity index (χ1) is 18.9. The summed E-state index contributed by atoms with van der Waals surface area (Å²) in [6, 6.07) is 23.9. The maximum Gasteiger partial charge on any atom is 0.305 e. The fourth-order valence-electron chi connectivity index (χ4n) is 4.98. The van der Waals surface area contributed by atoms with E-state index in [1.54, 1.807) is 0 Å². The number of ketones is 1. The molecule has 0 radical (unpaired) electrons. The number of aryl methyl sites for hydroxylation is 1. The predicted molar refractivity (Wildman–Crippen MR) is 155 cm³/mol. The van der Waals surface area contributed by atoms with E-state index in [0.29, 0.717) is 42.9 Å². The molecular formula is C34H39NO4. The molecule has 0 aliphatic heterocycles. The fraction of sp³-hybridized carbons (Fsp3) is 0.353. The summed E-state index contributed by atoms with van der Waals surface area (Å²) in [5.41, 5.74) is 5.63. The third kappa shape index (κ3) is 7.17. The van der Waals surface area contributed by atoms with Crippen LogP contribution in [-0.2, 0) is 22.4 Å². The van der Waals surface area contributed by atoms with Crippen LogP contribution >= 0.6 is 0 Å². The van der Waals surface area contributed by atoms with Crippen LogP contribution in [0.3, 0.4) is 0 Å². The number of hydrogen-bond acceptors (Lipinski definition) is 4. The van der Waals surface area contributed by atoms with Crippen LogP contribution in [0.2, 0.25) is 0 Å². The van der Waals surface area contributed by atoms with Crippen molar-refractivity contribution >= 4 is 17.3 Å². The number of aromatic nitrogens is 1. The van der Waals surface area contributed by atoms with E-state index >= 15 is 0 Å². The number of pyridine rings is 1. The summed E-state index contributed by atoms with van der Waals surface area (Å²) >= 11 is 0. The van der Waals surface area contributed by atoms with Gasteiger partial charge in [-0.15, -0.1) is 0 Å². The number of benzene rings is 2. The van der Waals surface area contributed by atoms with Gasteiger partial charge in [0, 0.05) is 29.4 Å². The molecule has 0 N–H and O–H groups in total. The molecule has 0 saturated carbocycles. The Morgan fingerprint density at radius 2 is 1.67 bits per heavy atom. The molecule has 2 heterocycles. The molecule has 39 heavy (non-hydrogen) atoms. The highest BCUT2D eigenvalue weighted by molar-refractivity contribution is 6.13. The Morgan fingerprint density at radius 3 is 2.33 bits per heavy atom. The van der Waals surface area contributed by atoms with Gasteiger partial charge in [0.15, 0.2) is 5.78 Å². The highest BCUT2D eigenvalue weighted by Gasteiger charge is 2.18. The second-order valence-electron chi connectivity index (χ2n) is 10.4. The van der Waals surface area contributed by atoms with E-state index in [0.717, 1.165) is 35.4 Å². The minimum Gasteiger partial charge on any atom is -0.486 e. The van der Waals surface area contributed by atoms with Gasteiger partial charge in [0.2, 0.25) is 0 Å². The number of ether oxygens (including phenoxy) is 2. The molecule has 0 fully saturated rings. The third-order valence-electron chi connectivity index (χ3n) is 6.88. The molecule has 2 aromatic heterocycles. The van der Waals surface area contributed by atoms with E-state index in [-0.39, 0.29) is 17.9 Å². The van der Waals surface area contributed by atoms with Crippen molar-refractivity contribution in [2.24, 2.45) is 5.92 Å². The van der Waals surface area contributed by atoms with Gasteiger partial charge in [0.05, 0.1) is 12.1 Å². The number of hydrogen-bond donors (Lipinski definition) is 0. The van der Waals surface area contributed by atoms with Crippen LogP contribution in [0.1, 0.15) is 85.8 Å². The average Bonchev–Trinajstić information content (AvgIpc) is 3.30. The summed E-state index contributed by atoms with van der Waals surface area (Å²) < 4.78 is 13.4. The van der Waals surface area contributed by atoms with Crippen LogP contribution in [-0.4, -0.2) is 22.8 Å². The summed E-state index contributed by atoms with van der Waals surface area (Å²) in [6.07, 6.45) is 5.54. The van der Waals surface area contributed by atoms with Crippen LogP contribution in [0.25, 0.3) is 5.52 Å². The van der Waals surface area contributed by atoms with Crippen LogP contribution in [0.15, 0.2) is 79.0 Å². The zero-order valence-corrected chi connectivity index (χ0v) is 23.5. The van der Waals surface area contributed by atoms with Crippen molar-refractivity contribution in [1.82, 2.24) is 4.40 Å². The number of carbonyl (C=O) groups is 2. The Bertz CT molecular complexity index is 1380. The van der Waals surface area contributed by atoms with Crippen molar-refractivity contribution in [2.45, 2.75) is 65.9 Å². The van der Waals surface area contributed by atoms with Crippen molar-refractivity contribution in [2.75, 3.05) is 6.61 Å². The Hall–Kier alpha value is -3.86. The Morgan fingerprint density at radius 1 is 0.923 bits per heavy atom. The molecule has 0 saturated heterocycles. The lowest BCUT2D eigenvalue weighted by atomic mass is 9.99. The van der Waals surface area contributed by atoms with Gasteiger partial charge in [-0.1, -0.05) is 51.1 Å². The Kier molecular flexibility index (Phi) is 9.59. The molecule has 0 spiro atoms. The molecule has 1 unspecified atom stereocenters. The van der Waals surface area contributed by atoms with Gasteiger partial charge >= 0.3 is 5.97 Å². The third-order valence-corrected chi connectivity index (χ3v) is 6.88. The lowest BCUT2D eigenvalue weighted by molar-refractivity contribution is -0.143. The highest BCUT2D eigenvalue weighted by atomic mass is 16.5. The molecule has 5 heteroatoms. The highest BCUT2D eigenvalue weighted by Crippen LogP contribution is 2.27. The van der Waals surface area contributed by atoms with Gasteiger partial charge < -0.3 is 13.9 Å². The topological polar surface area (TPSA) is 57.0 Å². The number of carbonyl (C=O) groups excluding carboxylic acids is 2. The van der Waals surface area contributed by atoms with Gasteiger partial charge in [0.25, 0.3) is 0 Å². The SMILES string of the molecule is CCOC(=O)CCCc1cc(C(=O)c2ccc(OC(CC)c3ccc(CC(C)C)cc3)cc2)c2ccccn12. The van der Waals surface area contributed by atoms with Crippen LogP contribution in [0.5, 0.6) is 5.75 Å². The van der Waals surface area contributed by atoms with E-state index in [2.05, 4.69) is 45.0 Å². The van der Waals surface area contributed by atoms with E-state index in [9.17, 15) is 9.59 Å². The molecule has 0 aliphatic rings. The standard InChI is InChI=1S/C34H39NO4/c1-5-32(26-15-13-25(14-16-26)22-24(3)4)39-29-19-17-27(18-20-29)34(37)30-23-28(10-9-12-33(36)38-6-2)35-21-8-7-11-31(30)35/h7-8,11,13-21,23-24,32H,5-6,9-10,12,22H2,1-4H3. The lowest BCUT2D eigenvalue weighted by Gasteiger charge is -2.19. The molecule has 1 atom stereocenters. The van der Waals surface area contributed by atoms with Gasteiger partial charge in [0.1, 0.15) is 11.9 Å². The van der Waals surface area contributed by atoms with E-state index in [1.807, 2.05) is 66.1 Å². The van der Waals surface area contributed by atoms with Gasteiger partial charge in [-0.25, -0.2) is 0 Å². The second-order valence-corrected chi connectivity index (χ2v) is 10.4. The largest absolute Gasteiger partial charge is 0.486 e. The summed E-state index contributed by atoms with van der Waals surface area (Å²) in [4.78, 5) is 25.3. The zero-order chi connectivity index (χ0) is 27.8. The van der Waals surface area contributed by atoms with Crippen LogP contribution in [0, 0.1) is 5.92 Å². The predicted octanol–water partition coefficient (Wildman–Crippen LogP) is 7.78. The van der Waals surface area contributed by atoms with Gasteiger partial charge in [-0.05, 0) is 92.1 Å². The minimum atomic E-state index is -0.189. The normalized spacial score (nSPS) is 12.0. The molecule has 4 aromatic rings. The molecular weight excluding hydrogens is 486 g/mol. The van der Waals surface area contributed by atoms with E-state index in [4.69, 9.17) is 9.47 Å². The first-order valence-electron chi connectivity index (χ1n) is 14.0. The molecule has 5 nitrogen and oxygen atoms in total. The monoisotopic (exact) mass is 525 g/mol. The fourth-order valence-corrected chi connectivity index (χ4v) is 4.98. The molecule has 0 amide bonds. The molecule has 0 bridgehead atoms. The molecule has 4 rings (SSSR count). The first kappa shape index (κ1) is 28.2. The number of nitrogens with zero attached hydrogens (tertiary/aromatic N) is 1. The van der Waals surface area contributed by atoms with Crippen molar-refractivity contribution in [3.63, 3.8) is 0 Å². The number of rotatable bonds is 13. The van der Waals surface area contributed by atoms with E-state index in [1.165, 1.54) is 5.56 Å². The van der Waals surface area contributed by atoms with Gasteiger partial charge in [-0.3, -0.25) is 9.59 Å².